The Labute approximate surface area is 90.1 Å². The Balaban J connectivity index is 2.97. The van der Waals surface area contributed by atoms with Gasteiger partial charge in [-0.2, -0.15) is 0 Å². The van der Waals surface area contributed by atoms with E-state index in [9.17, 15) is 0 Å². The van der Waals surface area contributed by atoms with Gasteiger partial charge < -0.3 is 0 Å². The van der Waals surface area contributed by atoms with Crippen LogP contribution < -0.4 is 0 Å². The van der Waals surface area contributed by atoms with Crippen molar-refractivity contribution in [3.63, 3.8) is 0 Å². The second-order valence-electron chi connectivity index (χ2n) is 3.89. The third kappa shape index (κ3) is 11.5. The fourth-order valence-corrected chi connectivity index (χ4v) is 1.46. The highest BCUT2D eigenvalue weighted by Gasteiger charge is 1.86. The molecule has 0 fully saturated rings. The second kappa shape index (κ2) is 12.5. The van der Waals surface area contributed by atoms with Gasteiger partial charge in [0.25, 0.3) is 0 Å². The van der Waals surface area contributed by atoms with Gasteiger partial charge in [0.1, 0.15) is 0 Å². The maximum atomic E-state index is 3.73. The van der Waals surface area contributed by atoms with Crippen LogP contribution in [-0.4, -0.2) is 0 Å². The molecule has 0 heterocycles. The van der Waals surface area contributed by atoms with Crippen LogP contribution in [-0.2, 0) is 0 Å². The average Bonchev–Trinajstić information content (AvgIpc) is 2.21. The number of allylic oxidation sites excluding steroid dienone is 3. The van der Waals surface area contributed by atoms with Crippen LogP contribution in [0.5, 0.6) is 0 Å². The smallest absolute Gasteiger partial charge is 0.0351 e. The summed E-state index contributed by atoms with van der Waals surface area (Å²) in [4.78, 5) is 0. The number of hydrogen-bond donors (Lipinski definition) is 0. The van der Waals surface area contributed by atoms with Crippen LogP contribution in [0.3, 0.4) is 0 Å². The molecule has 0 nitrogen and oxygen atoms in total. The van der Waals surface area contributed by atoms with E-state index in [1.807, 2.05) is 6.08 Å². The monoisotopic (exact) mass is 194 g/mol. The van der Waals surface area contributed by atoms with Gasteiger partial charge in [-0.3, -0.25) is 0 Å². The lowest BCUT2D eigenvalue weighted by Crippen LogP contribution is -1.76. The summed E-state index contributed by atoms with van der Waals surface area (Å²) in [5.74, 6) is 0. The Kier molecular flexibility index (Phi) is 12.0. The summed E-state index contributed by atoms with van der Waals surface area (Å²) in [6.07, 6.45) is 18.5. The van der Waals surface area contributed by atoms with Gasteiger partial charge in [-0.1, -0.05) is 50.8 Å². The van der Waals surface area contributed by atoms with Crippen molar-refractivity contribution >= 4 is 0 Å². The maximum absolute atomic E-state index is 3.73. The van der Waals surface area contributed by atoms with Gasteiger partial charge in [0.15, 0.2) is 0 Å². The van der Waals surface area contributed by atoms with Gasteiger partial charge in [0.2, 0.25) is 0 Å². The Hall–Kier alpha value is -0.520. The predicted molar refractivity (Wildman–Crippen MR) is 66.6 cm³/mol. The molecule has 0 atom stereocenters. The van der Waals surface area contributed by atoms with Crippen molar-refractivity contribution in [2.45, 2.75) is 64.7 Å². The fourth-order valence-electron chi connectivity index (χ4n) is 1.46. The van der Waals surface area contributed by atoms with E-state index in [2.05, 4.69) is 25.7 Å². The first-order chi connectivity index (χ1) is 6.91. The Morgan fingerprint density at radius 2 is 1.36 bits per heavy atom. The van der Waals surface area contributed by atoms with Crippen molar-refractivity contribution in [2.24, 2.45) is 0 Å². The minimum absolute atomic E-state index is 1.19. The van der Waals surface area contributed by atoms with E-state index in [1.54, 1.807) is 0 Å². The standard InChI is InChI=1S/C14H26/c1-3-5-7-9-11-13-14-12-10-8-6-4-2/h3,10,12H,1,4-9,11,13-14H2,2H3/b12-10+. The average molecular weight is 194 g/mol. The van der Waals surface area contributed by atoms with Crippen LogP contribution in [0, 0.1) is 0 Å². The minimum Gasteiger partial charge on any atom is -0.103 e. The highest BCUT2D eigenvalue weighted by atomic mass is 13.9. The minimum atomic E-state index is 1.19. The van der Waals surface area contributed by atoms with Crippen LogP contribution in [0.2, 0.25) is 0 Å². The molecule has 0 radical (unpaired) electrons. The first kappa shape index (κ1) is 13.5. The molecule has 0 rings (SSSR count). The predicted octanol–water partition coefficient (Wildman–Crippen LogP) is 5.26. The second-order valence-corrected chi connectivity index (χ2v) is 3.89. The normalized spacial score (nSPS) is 10.9. The first-order valence-corrected chi connectivity index (χ1v) is 6.17. The lowest BCUT2D eigenvalue weighted by molar-refractivity contribution is 0.652. The van der Waals surface area contributed by atoms with E-state index in [0.29, 0.717) is 0 Å². The molecule has 0 heteroatoms. The molecule has 0 aromatic heterocycles. The highest BCUT2D eigenvalue weighted by molar-refractivity contribution is 4.81. The number of rotatable bonds is 10. The largest absolute Gasteiger partial charge is 0.103 e. The molecule has 0 aliphatic rings. The Morgan fingerprint density at radius 3 is 1.93 bits per heavy atom. The van der Waals surface area contributed by atoms with Crippen molar-refractivity contribution in [3.8, 4) is 0 Å². The molecule has 0 unspecified atom stereocenters. The lowest BCUT2D eigenvalue weighted by atomic mass is 10.1. The number of unbranched alkanes of at least 4 members (excludes halogenated alkanes) is 7. The molecule has 0 bridgehead atoms. The van der Waals surface area contributed by atoms with Gasteiger partial charge in [-0.25, -0.2) is 0 Å². The summed E-state index contributed by atoms with van der Waals surface area (Å²) in [6, 6.07) is 0. The van der Waals surface area contributed by atoms with E-state index in [0.717, 1.165) is 0 Å². The molecule has 0 amide bonds. The van der Waals surface area contributed by atoms with Crippen LogP contribution in [0.4, 0.5) is 0 Å². The molecule has 0 aliphatic heterocycles. The Morgan fingerprint density at radius 1 is 0.786 bits per heavy atom. The zero-order valence-corrected chi connectivity index (χ0v) is 9.80. The van der Waals surface area contributed by atoms with Crippen molar-refractivity contribution in [3.05, 3.63) is 24.8 Å². The fraction of sp³-hybridized carbons (Fsp3) is 0.714. The summed E-state index contributed by atoms with van der Waals surface area (Å²) in [5.41, 5.74) is 0. The SMILES string of the molecule is C=CCCCCCC/C=C/CCCC. The molecule has 0 spiro atoms. The van der Waals surface area contributed by atoms with E-state index in [1.165, 1.54) is 57.8 Å². The topological polar surface area (TPSA) is 0 Å². The van der Waals surface area contributed by atoms with Crippen LogP contribution in [0.15, 0.2) is 24.8 Å². The summed E-state index contributed by atoms with van der Waals surface area (Å²) >= 11 is 0. The zero-order chi connectivity index (χ0) is 10.5. The van der Waals surface area contributed by atoms with Gasteiger partial charge in [-0.05, 0) is 32.1 Å². The quantitative estimate of drug-likeness (QED) is 0.329. The van der Waals surface area contributed by atoms with E-state index in [4.69, 9.17) is 0 Å². The third-order valence-electron chi connectivity index (χ3n) is 2.42. The van der Waals surface area contributed by atoms with E-state index >= 15 is 0 Å². The van der Waals surface area contributed by atoms with Crippen molar-refractivity contribution in [2.75, 3.05) is 0 Å². The van der Waals surface area contributed by atoms with Crippen molar-refractivity contribution in [1.29, 1.82) is 0 Å². The highest BCUT2D eigenvalue weighted by Crippen LogP contribution is 2.06. The maximum Gasteiger partial charge on any atom is -0.0351 e. The van der Waals surface area contributed by atoms with Crippen LogP contribution >= 0.6 is 0 Å². The third-order valence-corrected chi connectivity index (χ3v) is 2.42. The van der Waals surface area contributed by atoms with Gasteiger partial charge >= 0.3 is 0 Å². The Bertz CT molecular complexity index is 133. The molecule has 0 aromatic carbocycles. The molecule has 82 valence electrons. The summed E-state index contributed by atoms with van der Waals surface area (Å²) in [5, 5.41) is 0. The molecule has 0 aliphatic carbocycles. The molecule has 0 N–H and O–H groups in total. The molecular formula is C14H26. The summed E-state index contributed by atoms with van der Waals surface area (Å²) < 4.78 is 0. The zero-order valence-electron chi connectivity index (χ0n) is 9.80. The van der Waals surface area contributed by atoms with E-state index in [-0.39, 0.29) is 0 Å². The van der Waals surface area contributed by atoms with Gasteiger partial charge in [0, 0.05) is 0 Å². The summed E-state index contributed by atoms with van der Waals surface area (Å²) in [6.45, 7) is 5.97. The van der Waals surface area contributed by atoms with Gasteiger partial charge in [0.05, 0.1) is 0 Å². The first-order valence-electron chi connectivity index (χ1n) is 6.17. The van der Waals surface area contributed by atoms with Crippen LogP contribution in [0.25, 0.3) is 0 Å². The molecule has 0 saturated carbocycles. The molecule has 0 aromatic rings. The lowest BCUT2D eigenvalue weighted by Gasteiger charge is -1.96. The molecule has 0 saturated heterocycles. The molecular weight excluding hydrogens is 168 g/mol. The van der Waals surface area contributed by atoms with E-state index < -0.39 is 0 Å². The summed E-state index contributed by atoms with van der Waals surface area (Å²) in [7, 11) is 0. The van der Waals surface area contributed by atoms with Crippen LogP contribution in [0.1, 0.15) is 64.7 Å². The van der Waals surface area contributed by atoms with Crippen molar-refractivity contribution in [1.82, 2.24) is 0 Å². The van der Waals surface area contributed by atoms with Gasteiger partial charge in [-0.15, -0.1) is 6.58 Å². The molecule has 14 heavy (non-hydrogen) atoms. The number of hydrogen-bond acceptors (Lipinski definition) is 0. The van der Waals surface area contributed by atoms with Crippen molar-refractivity contribution < 1.29 is 0 Å².